The summed E-state index contributed by atoms with van der Waals surface area (Å²) >= 11 is 0. The molecular formula is C58H40N4O. The zero-order valence-electron chi connectivity index (χ0n) is 34.2. The van der Waals surface area contributed by atoms with Crippen molar-refractivity contribution in [1.82, 2.24) is 19.8 Å². The molecule has 63 heavy (non-hydrogen) atoms. The van der Waals surface area contributed by atoms with Crippen LogP contribution in [0.15, 0.2) is 223 Å². The third-order valence-corrected chi connectivity index (χ3v) is 13.0. The molecule has 3 aromatic heterocycles. The molecule has 4 heterocycles. The monoisotopic (exact) mass is 808 g/mol. The normalized spacial score (nSPS) is 15.5. The number of rotatable bonds is 6. The summed E-state index contributed by atoms with van der Waals surface area (Å²) in [5.41, 5.74) is 15.7. The fourth-order valence-electron chi connectivity index (χ4n) is 10.1. The van der Waals surface area contributed by atoms with Gasteiger partial charge in [-0.1, -0.05) is 146 Å². The molecule has 0 fully saturated rings. The number of aromatic nitrogens is 2. The second-order valence-corrected chi connectivity index (χ2v) is 16.6. The van der Waals surface area contributed by atoms with E-state index in [1.165, 1.54) is 43.9 Å². The zero-order valence-corrected chi connectivity index (χ0v) is 34.2. The number of para-hydroxylation sites is 3. The highest BCUT2D eigenvalue weighted by Crippen LogP contribution is 2.45. The van der Waals surface area contributed by atoms with E-state index in [0.717, 1.165) is 66.5 Å². The van der Waals surface area contributed by atoms with Crippen molar-refractivity contribution in [2.24, 2.45) is 0 Å². The van der Waals surface area contributed by atoms with Crippen LogP contribution in [0, 0.1) is 0 Å². The lowest BCUT2D eigenvalue weighted by Crippen LogP contribution is -2.39. The molecule has 2 unspecified atom stereocenters. The molecule has 1 aliphatic rings. The standard InChI is InChI=1S/C58H40N4O/c1-4-16-37(17-5-1)48-36-49(60-58(59-48)38-18-6-2-7-19-38)41-22-14-20-39(34-41)40-21-15-25-43(35-40)61-50-28-12-10-27-46(50)54-51(61)33-31-47-55-52(62(56(47)54)42-23-8-3-9-24-42)32-30-45-44-26-11-13-29-53(44)63-57(45)55/h1-36,49,58-60H. The largest absolute Gasteiger partial charge is 0.455 e. The first kappa shape index (κ1) is 35.6. The van der Waals surface area contributed by atoms with E-state index < -0.39 is 0 Å². The Hall–Kier alpha value is -8.12. The van der Waals surface area contributed by atoms with E-state index in [-0.39, 0.29) is 12.2 Å². The first-order valence-electron chi connectivity index (χ1n) is 21.7. The van der Waals surface area contributed by atoms with Gasteiger partial charge in [-0.05, 0) is 101 Å². The van der Waals surface area contributed by atoms with E-state index in [9.17, 15) is 0 Å². The molecule has 9 aromatic carbocycles. The van der Waals surface area contributed by atoms with Gasteiger partial charge < -0.3 is 18.9 Å². The number of fused-ring (bicyclic) bond motifs is 11. The molecule has 13 rings (SSSR count). The molecule has 5 nitrogen and oxygen atoms in total. The minimum atomic E-state index is -0.0458. The summed E-state index contributed by atoms with van der Waals surface area (Å²) in [7, 11) is 0. The molecule has 2 N–H and O–H groups in total. The third-order valence-electron chi connectivity index (χ3n) is 13.0. The summed E-state index contributed by atoms with van der Waals surface area (Å²) in [5, 5.41) is 14.7. The van der Waals surface area contributed by atoms with Crippen LogP contribution in [0.5, 0.6) is 0 Å². The molecule has 0 spiro atoms. The van der Waals surface area contributed by atoms with Gasteiger partial charge in [0.2, 0.25) is 0 Å². The SMILES string of the molecule is C1=C(c2ccccc2)NC(c2ccccc2)NC1c1cccc(-c2cccc(-n3c4ccccc4c4c3ccc3c5c6oc7ccccc7c6ccc5n(-c5ccccc5)c34)c2)c1. The van der Waals surface area contributed by atoms with Gasteiger partial charge in [-0.15, -0.1) is 0 Å². The molecule has 0 amide bonds. The second-order valence-electron chi connectivity index (χ2n) is 16.6. The van der Waals surface area contributed by atoms with Crippen LogP contribution in [0.1, 0.15) is 28.9 Å². The van der Waals surface area contributed by atoms with Crippen LogP contribution in [0.2, 0.25) is 0 Å². The first-order valence-corrected chi connectivity index (χ1v) is 21.7. The molecule has 0 bridgehead atoms. The second kappa shape index (κ2) is 14.2. The number of benzene rings is 9. The van der Waals surface area contributed by atoms with Crippen LogP contribution in [0.4, 0.5) is 0 Å². The van der Waals surface area contributed by atoms with Crippen molar-refractivity contribution in [3.8, 4) is 22.5 Å². The van der Waals surface area contributed by atoms with E-state index in [1.807, 2.05) is 6.07 Å². The Bertz CT molecular complexity index is 3750. The highest BCUT2D eigenvalue weighted by atomic mass is 16.3. The molecule has 298 valence electrons. The number of hydrogen-bond acceptors (Lipinski definition) is 3. The first-order chi connectivity index (χ1) is 31.2. The summed E-state index contributed by atoms with van der Waals surface area (Å²) < 4.78 is 11.6. The summed E-state index contributed by atoms with van der Waals surface area (Å²) in [6, 6.07) is 76.3. The summed E-state index contributed by atoms with van der Waals surface area (Å²) in [4.78, 5) is 0. The fourth-order valence-corrected chi connectivity index (χ4v) is 10.1. The fraction of sp³-hybridized carbons (Fsp3) is 0.0345. The molecule has 12 aromatic rings. The quantitative estimate of drug-likeness (QED) is 0.176. The Morgan fingerprint density at radius 2 is 1.03 bits per heavy atom. The molecule has 0 radical (unpaired) electrons. The minimum absolute atomic E-state index is 0.00768. The highest BCUT2D eigenvalue weighted by molar-refractivity contribution is 6.31. The Balaban J connectivity index is 0.982. The molecule has 2 atom stereocenters. The summed E-state index contributed by atoms with van der Waals surface area (Å²) in [5.74, 6) is 0. The highest BCUT2D eigenvalue weighted by Gasteiger charge is 2.26. The van der Waals surface area contributed by atoms with Gasteiger partial charge in [-0.25, -0.2) is 0 Å². The van der Waals surface area contributed by atoms with Crippen LogP contribution < -0.4 is 10.6 Å². The lowest BCUT2D eigenvalue weighted by molar-refractivity contribution is 0.443. The van der Waals surface area contributed by atoms with Crippen molar-refractivity contribution in [3.05, 3.63) is 235 Å². The van der Waals surface area contributed by atoms with Gasteiger partial charge in [0, 0.05) is 44.0 Å². The predicted molar refractivity (Wildman–Crippen MR) is 260 cm³/mol. The Morgan fingerprint density at radius 1 is 0.413 bits per heavy atom. The molecule has 0 saturated heterocycles. The van der Waals surface area contributed by atoms with Crippen molar-refractivity contribution >= 4 is 71.2 Å². The van der Waals surface area contributed by atoms with E-state index >= 15 is 0 Å². The van der Waals surface area contributed by atoms with Crippen LogP contribution in [-0.2, 0) is 0 Å². The average Bonchev–Trinajstić information content (AvgIpc) is 4.02. The maximum absolute atomic E-state index is 6.72. The Morgan fingerprint density at radius 3 is 1.86 bits per heavy atom. The van der Waals surface area contributed by atoms with E-state index in [4.69, 9.17) is 4.42 Å². The Kier molecular flexibility index (Phi) is 8.05. The summed E-state index contributed by atoms with van der Waals surface area (Å²) in [6.45, 7) is 0. The van der Waals surface area contributed by atoms with Gasteiger partial charge in [0.15, 0.2) is 0 Å². The molecular weight excluding hydrogens is 769 g/mol. The zero-order chi connectivity index (χ0) is 41.4. The van der Waals surface area contributed by atoms with E-state index in [1.54, 1.807) is 0 Å². The van der Waals surface area contributed by atoms with Crippen LogP contribution >= 0.6 is 0 Å². The van der Waals surface area contributed by atoms with E-state index in [0.29, 0.717) is 0 Å². The summed E-state index contributed by atoms with van der Waals surface area (Å²) in [6.07, 6.45) is 2.27. The van der Waals surface area contributed by atoms with Gasteiger partial charge in [0.1, 0.15) is 17.3 Å². The van der Waals surface area contributed by atoms with Crippen molar-refractivity contribution in [2.75, 3.05) is 0 Å². The number of nitrogens with one attached hydrogen (secondary N) is 2. The van der Waals surface area contributed by atoms with Crippen molar-refractivity contribution in [2.45, 2.75) is 12.2 Å². The lowest BCUT2D eigenvalue weighted by atomic mass is 9.95. The van der Waals surface area contributed by atoms with Gasteiger partial charge in [0.05, 0.1) is 33.5 Å². The van der Waals surface area contributed by atoms with Gasteiger partial charge in [-0.2, -0.15) is 0 Å². The van der Waals surface area contributed by atoms with Gasteiger partial charge >= 0.3 is 0 Å². The van der Waals surface area contributed by atoms with Gasteiger partial charge in [-0.3, -0.25) is 5.32 Å². The van der Waals surface area contributed by atoms with Crippen LogP contribution in [0.3, 0.4) is 0 Å². The Labute approximate surface area is 363 Å². The lowest BCUT2D eigenvalue weighted by Gasteiger charge is -2.33. The van der Waals surface area contributed by atoms with E-state index in [2.05, 4.69) is 232 Å². The third kappa shape index (κ3) is 5.67. The average molecular weight is 809 g/mol. The molecule has 0 saturated carbocycles. The van der Waals surface area contributed by atoms with Crippen LogP contribution in [-0.4, -0.2) is 9.13 Å². The number of nitrogens with zero attached hydrogens (tertiary/aromatic N) is 2. The molecule has 1 aliphatic heterocycles. The predicted octanol–water partition coefficient (Wildman–Crippen LogP) is 14.4. The van der Waals surface area contributed by atoms with Gasteiger partial charge in [0.25, 0.3) is 0 Å². The van der Waals surface area contributed by atoms with Crippen LogP contribution in [0.25, 0.3) is 93.7 Å². The topological polar surface area (TPSA) is 47.1 Å². The van der Waals surface area contributed by atoms with Crippen molar-refractivity contribution in [1.29, 1.82) is 0 Å². The molecule has 0 aliphatic carbocycles. The maximum Gasteiger partial charge on any atom is 0.145 e. The maximum atomic E-state index is 6.72. The van der Waals surface area contributed by atoms with Crippen molar-refractivity contribution < 1.29 is 4.42 Å². The number of hydrogen-bond donors (Lipinski definition) is 2. The molecule has 5 heteroatoms. The minimum Gasteiger partial charge on any atom is -0.455 e. The smallest absolute Gasteiger partial charge is 0.145 e. The number of furan rings is 1. The van der Waals surface area contributed by atoms with Crippen molar-refractivity contribution in [3.63, 3.8) is 0 Å².